The van der Waals surface area contributed by atoms with Crippen LogP contribution in [-0.4, -0.2) is 37.8 Å². The number of hydrogen-bond donors (Lipinski definition) is 3. The first-order valence-corrected chi connectivity index (χ1v) is 8.01. The number of aromatic hydroxyl groups is 1. The predicted octanol–water partition coefficient (Wildman–Crippen LogP) is -0.890. The van der Waals surface area contributed by atoms with E-state index in [1.165, 1.54) is 17.5 Å². The molecule has 5 heteroatoms. The minimum atomic E-state index is -0.355. The van der Waals surface area contributed by atoms with E-state index in [-0.39, 0.29) is 11.4 Å². The van der Waals surface area contributed by atoms with Crippen molar-refractivity contribution in [2.45, 2.75) is 20.4 Å². The van der Waals surface area contributed by atoms with Crippen LogP contribution < -0.4 is 15.4 Å². The third-order valence-corrected chi connectivity index (χ3v) is 4.79. The van der Waals surface area contributed by atoms with Crippen LogP contribution >= 0.6 is 0 Å². The van der Waals surface area contributed by atoms with Crippen LogP contribution in [0.15, 0.2) is 27.4 Å². The summed E-state index contributed by atoms with van der Waals surface area (Å²) < 4.78 is 5.40. The molecule has 0 unspecified atom stereocenters. The first-order chi connectivity index (χ1) is 10.6. The topological polar surface area (TPSA) is 59.3 Å². The van der Waals surface area contributed by atoms with Gasteiger partial charge in [0.2, 0.25) is 0 Å². The highest BCUT2D eigenvalue weighted by Gasteiger charge is 2.24. The van der Waals surface area contributed by atoms with Gasteiger partial charge in [0, 0.05) is 11.5 Å². The maximum absolute atomic E-state index is 11.7. The second-order valence-corrected chi connectivity index (χ2v) is 6.22. The summed E-state index contributed by atoms with van der Waals surface area (Å²) in [5, 5.41) is 11.1. The summed E-state index contributed by atoms with van der Waals surface area (Å²) in [6.45, 7) is 10.4. The zero-order chi connectivity index (χ0) is 15.7. The van der Waals surface area contributed by atoms with Crippen molar-refractivity contribution >= 4 is 11.0 Å². The van der Waals surface area contributed by atoms with Crippen molar-refractivity contribution in [3.05, 3.63) is 39.7 Å². The van der Waals surface area contributed by atoms with Crippen LogP contribution in [0, 0.1) is 6.92 Å². The Labute approximate surface area is 129 Å². The molecule has 0 bridgehead atoms. The van der Waals surface area contributed by atoms with Gasteiger partial charge in [-0.3, -0.25) is 0 Å². The minimum Gasteiger partial charge on any atom is -0.507 e. The third-order valence-electron chi connectivity index (χ3n) is 4.79. The smallest absolute Gasteiger partial charge is 0.336 e. The van der Waals surface area contributed by atoms with Crippen LogP contribution in [0.1, 0.15) is 18.1 Å². The van der Waals surface area contributed by atoms with E-state index in [4.69, 9.17) is 4.42 Å². The molecule has 3 rings (SSSR count). The average molecular weight is 304 g/mol. The standard InChI is InChI=1S/C17H22N2O3/c1-3-18-6-8-19(9-7-18)11-14-15(20)5-4-13-12(2)10-16(21)22-17(13)14/h4-5,10,20H,3,6-9,11H2,1-2H3/p+2. The second kappa shape index (κ2) is 6.10. The van der Waals surface area contributed by atoms with Crippen LogP contribution in [0.5, 0.6) is 5.75 Å². The van der Waals surface area contributed by atoms with Crippen molar-refractivity contribution in [3.63, 3.8) is 0 Å². The van der Waals surface area contributed by atoms with Gasteiger partial charge in [-0.2, -0.15) is 0 Å². The summed E-state index contributed by atoms with van der Waals surface area (Å²) in [4.78, 5) is 14.8. The van der Waals surface area contributed by atoms with Crippen LogP contribution in [0.2, 0.25) is 0 Å². The van der Waals surface area contributed by atoms with Crippen LogP contribution in [0.4, 0.5) is 0 Å². The molecule has 1 fully saturated rings. The van der Waals surface area contributed by atoms with E-state index in [0.717, 1.165) is 42.7 Å². The molecule has 5 nitrogen and oxygen atoms in total. The molecule has 0 aliphatic carbocycles. The fraction of sp³-hybridized carbons (Fsp3) is 0.471. The van der Waals surface area contributed by atoms with Crippen molar-refractivity contribution in [2.75, 3.05) is 32.7 Å². The molecule has 0 amide bonds. The van der Waals surface area contributed by atoms with Crippen molar-refractivity contribution in [3.8, 4) is 5.75 Å². The zero-order valence-corrected chi connectivity index (χ0v) is 13.2. The number of likely N-dealkylation sites (N-methyl/N-ethyl adjacent to an activating group) is 1. The highest BCUT2D eigenvalue weighted by atomic mass is 16.4. The van der Waals surface area contributed by atoms with Crippen LogP contribution in [-0.2, 0) is 6.54 Å². The monoisotopic (exact) mass is 304 g/mol. The maximum Gasteiger partial charge on any atom is 0.336 e. The molecule has 1 aliphatic heterocycles. The Morgan fingerprint density at radius 3 is 2.55 bits per heavy atom. The molecule has 1 aliphatic rings. The summed E-state index contributed by atoms with van der Waals surface area (Å²) in [7, 11) is 0. The number of phenols is 1. The lowest BCUT2D eigenvalue weighted by molar-refractivity contribution is -1.02. The van der Waals surface area contributed by atoms with Gasteiger partial charge in [-0.15, -0.1) is 0 Å². The van der Waals surface area contributed by atoms with E-state index in [2.05, 4.69) is 6.92 Å². The van der Waals surface area contributed by atoms with Gasteiger partial charge in [0.05, 0.1) is 12.1 Å². The molecular formula is C17H24N2O3+2. The minimum absolute atomic E-state index is 0.221. The fourth-order valence-corrected chi connectivity index (χ4v) is 3.34. The summed E-state index contributed by atoms with van der Waals surface area (Å²) in [5.74, 6) is 0.221. The molecule has 118 valence electrons. The van der Waals surface area contributed by atoms with Gasteiger partial charge in [-0.1, -0.05) is 0 Å². The van der Waals surface area contributed by atoms with Gasteiger partial charge < -0.3 is 19.3 Å². The Kier molecular flexibility index (Phi) is 4.18. The Bertz CT molecular complexity index is 730. The van der Waals surface area contributed by atoms with Crippen molar-refractivity contribution < 1.29 is 19.3 Å². The number of fused-ring (bicyclic) bond motifs is 1. The lowest BCUT2D eigenvalue weighted by atomic mass is 10.1. The quantitative estimate of drug-likeness (QED) is 0.645. The molecular weight excluding hydrogens is 280 g/mol. The molecule has 1 saturated heterocycles. The first-order valence-electron chi connectivity index (χ1n) is 8.01. The van der Waals surface area contributed by atoms with Crippen LogP contribution in [0.3, 0.4) is 0 Å². The molecule has 0 saturated carbocycles. The molecule has 22 heavy (non-hydrogen) atoms. The Hall–Kier alpha value is -1.85. The van der Waals surface area contributed by atoms with E-state index in [1.807, 2.05) is 13.0 Å². The summed E-state index contributed by atoms with van der Waals surface area (Å²) in [6, 6.07) is 5.03. The SMILES string of the molecule is CC[NH+]1CC[NH+](Cc2c(O)ccc3c(C)cc(=O)oc23)CC1. The van der Waals surface area contributed by atoms with Crippen LogP contribution in [0.25, 0.3) is 11.0 Å². The second-order valence-electron chi connectivity index (χ2n) is 6.22. The molecule has 3 N–H and O–H groups in total. The lowest BCUT2D eigenvalue weighted by Gasteiger charge is -2.29. The van der Waals surface area contributed by atoms with E-state index in [1.54, 1.807) is 11.0 Å². The van der Waals surface area contributed by atoms with E-state index < -0.39 is 0 Å². The van der Waals surface area contributed by atoms with Gasteiger partial charge in [0.1, 0.15) is 38.5 Å². The number of piperazine rings is 1. The summed E-state index contributed by atoms with van der Waals surface area (Å²) >= 11 is 0. The van der Waals surface area contributed by atoms with E-state index in [0.29, 0.717) is 12.1 Å². The number of benzene rings is 1. The lowest BCUT2D eigenvalue weighted by Crippen LogP contribution is -3.27. The van der Waals surface area contributed by atoms with Crippen molar-refractivity contribution in [1.29, 1.82) is 0 Å². The normalized spacial score (nSPS) is 22.1. The van der Waals surface area contributed by atoms with E-state index >= 15 is 0 Å². The number of nitrogens with one attached hydrogen (secondary N) is 2. The Morgan fingerprint density at radius 2 is 1.86 bits per heavy atom. The molecule has 2 heterocycles. The highest BCUT2D eigenvalue weighted by molar-refractivity contribution is 5.84. The molecule has 0 spiro atoms. The number of phenolic OH excluding ortho intramolecular Hbond substituents is 1. The van der Waals surface area contributed by atoms with Gasteiger partial charge in [-0.05, 0) is 31.5 Å². The fourth-order valence-electron chi connectivity index (χ4n) is 3.34. The average Bonchev–Trinajstić information content (AvgIpc) is 2.50. The molecule has 0 atom stereocenters. The first kappa shape index (κ1) is 15.1. The molecule has 0 radical (unpaired) electrons. The van der Waals surface area contributed by atoms with Crippen molar-refractivity contribution in [2.24, 2.45) is 0 Å². The maximum atomic E-state index is 11.7. The van der Waals surface area contributed by atoms with Gasteiger partial charge in [0.15, 0.2) is 5.58 Å². The molecule has 2 aromatic rings. The van der Waals surface area contributed by atoms with Crippen molar-refractivity contribution in [1.82, 2.24) is 0 Å². The largest absolute Gasteiger partial charge is 0.507 e. The van der Waals surface area contributed by atoms with Gasteiger partial charge >= 0.3 is 5.63 Å². The number of aryl methyl sites for hydroxylation is 1. The Balaban J connectivity index is 1.93. The molecule has 1 aromatic heterocycles. The third kappa shape index (κ3) is 2.87. The van der Waals surface area contributed by atoms with E-state index in [9.17, 15) is 9.90 Å². The number of quaternary nitrogens is 2. The number of rotatable bonds is 3. The Morgan fingerprint density at radius 1 is 1.18 bits per heavy atom. The highest BCUT2D eigenvalue weighted by Crippen LogP contribution is 2.27. The van der Waals surface area contributed by atoms with Gasteiger partial charge in [0.25, 0.3) is 0 Å². The zero-order valence-electron chi connectivity index (χ0n) is 13.2. The molecule has 1 aromatic carbocycles. The predicted molar refractivity (Wildman–Crippen MR) is 84.5 cm³/mol. The number of hydrogen-bond acceptors (Lipinski definition) is 3. The summed E-state index contributed by atoms with van der Waals surface area (Å²) in [6.07, 6.45) is 0. The van der Waals surface area contributed by atoms with Gasteiger partial charge in [-0.25, -0.2) is 4.79 Å². The summed E-state index contributed by atoms with van der Waals surface area (Å²) in [5.41, 5.74) is 1.84.